The van der Waals surface area contributed by atoms with Crippen molar-refractivity contribution in [2.75, 3.05) is 23.7 Å². The van der Waals surface area contributed by atoms with Crippen LogP contribution in [-0.2, 0) is 32.6 Å². The van der Waals surface area contributed by atoms with Crippen molar-refractivity contribution in [2.24, 2.45) is 0 Å². The lowest BCUT2D eigenvalue weighted by molar-refractivity contribution is -0.140. The van der Waals surface area contributed by atoms with Gasteiger partial charge >= 0.3 is 0 Å². The topological polar surface area (TPSA) is 86.8 Å². The Balaban J connectivity index is 2.43. The van der Waals surface area contributed by atoms with E-state index in [0.29, 0.717) is 30.6 Å². The van der Waals surface area contributed by atoms with Crippen LogP contribution in [0.4, 0.5) is 10.1 Å². The van der Waals surface area contributed by atoms with Crippen molar-refractivity contribution in [3.05, 3.63) is 65.5 Å². The normalized spacial score (nSPS) is 12.1. The molecule has 0 radical (unpaired) electrons. The number of para-hydroxylation sites is 1. The highest BCUT2D eigenvalue weighted by Crippen LogP contribution is 2.24. The number of rotatable bonds is 13. The number of hydrogen-bond acceptors (Lipinski definition) is 4. The van der Waals surface area contributed by atoms with Crippen LogP contribution in [0.5, 0.6) is 0 Å². The predicted molar refractivity (Wildman–Crippen MR) is 137 cm³/mol. The summed E-state index contributed by atoms with van der Waals surface area (Å²) < 4.78 is 40.0. The number of unbranched alkanes of at least 4 members (excludes halogenated alkanes) is 1. The van der Waals surface area contributed by atoms with Crippen LogP contribution in [0.15, 0.2) is 48.5 Å². The molecular formula is C26H36FN3O4S. The van der Waals surface area contributed by atoms with Crippen LogP contribution in [0.3, 0.4) is 0 Å². The number of benzene rings is 2. The van der Waals surface area contributed by atoms with Gasteiger partial charge in [-0.2, -0.15) is 0 Å². The summed E-state index contributed by atoms with van der Waals surface area (Å²) in [4.78, 5) is 28.0. The molecule has 7 nitrogen and oxygen atoms in total. The third kappa shape index (κ3) is 8.06. The third-order valence-corrected chi connectivity index (χ3v) is 6.93. The second-order valence-corrected chi connectivity index (χ2v) is 10.4. The first-order valence-corrected chi connectivity index (χ1v) is 13.8. The SMILES string of the molecule is CCCCNC(=O)C(CC)N(Cc1ccc(F)cc1)C(=O)CN(c1ccccc1CC)S(C)(=O)=O. The van der Waals surface area contributed by atoms with Gasteiger partial charge in [0.1, 0.15) is 18.4 Å². The van der Waals surface area contributed by atoms with E-state index in [9.17, 15) is 22.4 Å². The minimum atomic E-state index is -3.79. The first-order chi connectivity index (χ1) is 16.6. The maximum Gasteiger partial charge on any atom is 0.244 e. The fourth-order valence-electron chi connectivity index (χ4n) is 3.86. The molecule has 0 aliphatic heterocycles. The third-order valence-electron chi connectivity index (χ3n) is 5.80. The lowest BCUT2D eigenvalue weighted by Gasteiger charge is -2.33. The fraction of sp³-hybridized carbons (Fsp3) is 0.462. The van der Waals surface area contributed by atoms with Gasteiger partial charge in [-0.3, -0.25) is 13.9 Å². The summed E-state index contributed by atoms with van der Waals surface area (Å²) >= 11 is 0. The van der Waals surface area contributed by atoms with Crippen molar-refractivity contribution < 1.29 is 22.4 Å². The monoisotopic (exact) mass is 505 g/mol. The Morgan fingerprint density at radius 2 is 1.69 bits per heavy atom. The van der Waals surface area contributed by atoms with E-state index in [4.69, 9.17) is 0 Å². The maximum atomic E-state index is 13.6. The Labute approximate surface area is 208 Å². The highest BCUT2D eigenvalue weighted by Gasteiger charge is 2.32. The summed E-state index contributed by atoms with van der Waals surface area (Å²) in [5, 5.41) is 2.87. The van der Waals surface area contributed by atoms with Crippen LogP contribution in [0.2, 0.25) is 0 Å². The number of hydrogen-bond donors (Lipinski definition) is 1. The van der Waals surface area contributed by atoms with Gasteiger partial charge in [0, 0.05) is 13.1 Å². The summed E-state index contributed by atoms with van der Waals surface area (Å²) in [5.74, 6) is -1.21. The molecule has 2 aromatic carbocycles. The molecule has 2 amide bonds. The van der Waals surface area contributed by atoms with Crippen molar-refractivity contribution in [2.45, 2.75) is 59.0 Å². The van der Waals surface area contributed by atoms with Crippen LogP contribution in [0.1, 0.15) is 51.2 Å². The highest BCUT2D eigenvalue weighted by molar-refractivity contribution is 7.92. The van der Waals surface area contributed by atoms with E-state index in [1.165, 1.54) is 17.0 Å². The molecule has 2 rings (SSSR count). The number of carbonyl (C=O) groups excluding carboxylic acids is 2. The maximum absolute atomic E-state index is 13.6. The van der Waals surface area contributed by atoms with Crippen molar-refractivity contribution in [1.29, 1.82) is 0 Å². The van der Waals surface area contributed by atoms with Gasteiger partial charge in [0.2, 0.25) is 21.8 Å². The summed E-state index contributed by atoms with van der Waals surface area (Å²) in [6, 6.07) is 11.9. The molecule has 1 unspecified atom stereocenters. The zero-order valence-electron chi connectivity index (χ0n) is 21.0. The molecule has 1 N–H and O–H groups in total. The second kappa shape index (κ2) is 13.2. The molecule has 192 valence electrons. The Morgan fingerprint density at radius 3 is 2.26 bits per heavy atom. The average molecular weight is 506 g/mol. The van der Waals surface area contributed by atoms with Gasteiger partial charge in [-0.1, -0.05) is 57.5 Å². The average Bonchev–Trinajstić information content (AvgIpc) is 2.83. The molecule has 9 heteroatoms. The number of nitrogens with one attached hydrogen (secondary N) is 1. The number of nitrogens with zero attached hydrogens (tertiary/aromatic N) is 2. The molecule has 1 atom stereocenters. The van der Waals surface area contributed by atoms with Crippen LogP contribution >= 0.6 is 0 Å². The van der Waals surface area contributed by atoms with E-state index in [1.807, 2.05) is 26.0 Å². The lowest BCUT2D eigenvalue weighted by Crippen LogP contribution is -2.52. The van der Waals surface area contributed by atoms with Crippen molar-refractivity contribution in [3.8, 4) is 0 Å². The molecule has 0 saturated heterocycles. The Morgan fingerprint density at radius 1 is 1.03 bits per heavy atom. The van der Waals surface area contributed by atoms with Crippen LogP contribution in [0, 0.1) is 5.82 Å². The standard InChI is InChI=1S/C26H36FN3O4S/c1-5-8-17-28-26(32)23(7-3)29(18-20-13-15-22(27)16-14-20)25(31)19-30(35(4,33)34)24-12-10-9-11-21(24)6-2/h9-16,23H,5-8,17-19H2,1-4H3,(H,28,32). The van der Waals surface area contributed by atoms with E-state index in [2.05, 4.69) is 5.32 Å². The van der Waals surface area contributed by atoms with Crippen molar-refractivity contribution >= 4 is 27.5 Å². The molecule has 0 saturated carbocycles. The van der Waals surface area contributed by atoms with Crippen LogP contribution in [-0.4, -0.2) is 50.5 Å². The molecule has 0 bridgehead atoms. The summed E-state index contributed by atoms with van der Waals surface area (Å²) in [7, 11) is -3.79. The lowest BCUT2D eigenvalue weighted by atomic mass is 10.1. The predicted octanol–water partition coefficient (Wildman–Crippen LogP) is 3.88. The number of anilines is 1. The van der Waals surface area contributed by atoms with Gasteiger partial charge in [-0.05, 0) is 48.6 Å². The van der Waals surface area contributed by atoms with Gasteiger partial charge < -0.3 is 10.2 Å². The van der Waals surface area contributed by atoms with Gasteiger partial charge in [0.15, 0.2) is 0 Å². The summed E-state index contributed by atoms with van der Waals surface area (Å²) in [5.41, 5.74) is 1.87. The Hall–Kier alpha value is -2.94. The molecule has 0 aliphatic rings. The zero-order chi connectivity index (χ0) is 26.0. The van der Waals surface area contributed by atoms with Crippen LogP contribution < -0.4 is 9.62 Å². The molecule has 35 heavy (non-hydrogen) atoms. The number of amides is 2. The van der Waals surface area contributed by atoms with Crippen molar-refractivity contribution in [1.82, 2.24) is 10.2 Å². The van der Waals surface area contributed by atoms with Crippen molar-refractivity contribution in [3.63, 3.8) is 0 Å². The molecule has 0 spiro atoms. The molecular weight excluding hydrogens is 469 g/mol. The van der Waals surface area contributed by atoms with Gasteiger partial charge in [-0.15, -0.1) is 0 Å². The van der Waals surface area contributed by atoms with Crippen LogP contribution in [0.25, 0.3) is 0 Å². The van der Waals surface area contributed by atoms with Gasteiger partial charge in [0.25, 0.3) is 0 Å². The van der Waals surface area contributed by atoms with E-state index < -0.39 is 34.3 Å². The molecule has 0 aliphatic carbocycles. The van der Waals surface area contributed by atoms with E-state index >= 15 is 0 Å². The molecule has 0 fully saturated rings. The zero-order valence-corrected chi connectivity index (χ0v) is 21.8. The first kappa shape index (κ1) is 28.3. The van der Waals surface area contributed by atoms with Gasteiger partial charge in [0.05, 0.1) is 11.9 Å². The fourth-order valence-corrected chi connectivity index (χ4v) is 4.74. The minimum Gasteiger partial charge on any atom is -0.354 e. The summed E-state index contributed by atoms with van der Waals surface area (Å²) in [6.07, 6.45) is 3.72. The number of halogens is 1. The number of aryl methyl sites for hydroxylation is 1. The minimum absolute atomic E-state index is 0.0475. The Kier molecular flexibility index (Phi) is 10.7. The molecule has 0 aromatic heterocycles. The second-order valence-electron chi connectivity index (χ2n) is 8.47. The quantitative estimate of drug-likeness (QED) is 0.419. The first-order valence-electron chi connectivity index (χ1n) is 12.0. The van der Waals surface area contributed by atoms with E-state index in [-0.39, 0.29) is 12.5 Å². The summed E-state index contributed by atoms with van der Waals surface area (Å²) in [6.45, 7) is 5.82. The number of carbonyl (C=O) groups is 2. The van der Waals surface area contributed by atoms with Gasteiger partial charge in [-0.25, -0.2) is 12.8 Å². The van der Waals surface area contributed by atoms with E-state index in [0.717, 1.165) is 29.0 Å². The molecule has 0 heterocycles. The smallest absolute Gasteiger partial charge is 0.244 e. The Bertz CT molecular complexity index is 1090. The largest absolute Gasteiger partial charge is 0.354 e. The highest BCUT2D eigenvalue weighted by atomic mass is 32.2. The van der Waals surface area contributed by atoms with E-state index in [1.54, 1.807) is 31.2 Å². The molecule has 2 aromatic rings. The number of sulfonamides is 1.